The van der Waals surface area contributed by atoms with E-state index >= 15 is 0 Å². The first kappa shape index (κ1) is 21.0. The monoisotopic (exact) mass is 433 g/mol. The molecule has 0 saturated carbocycles. The zero-order valence-corrected chi connectivity index (χ0v) is 17.0. The minimum Gasteiger partial charge on any atom is -0.507 e. The second-order valence-electron chi connectivity index (χ2n) is 6.34. The molecule has 0 aliphatic carbocycles. The first-order chi connectivity index (χ1) is 13.9. The van der Waals surface area contributed by atoms with Gasteiger partial charge in [-0.25, -0.2) is 4.39 Å². The molecule has 29 heavy (non-hydrogen) atoms. The molecule has 0 unspecified atom stereocenters. The van der Waals surface area contributed by atoms with Crippen LogP contribution in [0.15, 0.2) is 54.6 Å². The van der Waals surface area contributed by atoms with E-state index in [1.807, 2.05) is 0 Å². The molecule has 0 atom stereocenters. The van der Waals surface area contributed by atoms with E-state index in [0.717, 1.165) is 5.56 Å². The van der Waals surface area contributed by atoms with Crippen molar-refractivity contribution in [2.45, 2.75) is 6.42 Å². The molecule has 0 heterocycles. The maximum Gasteiger partial charge on any atom is 0.257 e. The van der Waals surface area contributed by atoms with Crippen LogP contribution in [-0.4, -0.2) is 24.7 Å². The van der Waals surface area contributed by atoms with Gasteiger partial charge in [0.05, 0.1) is 0 Å². The summed E-state index contributed by atoms with van der Waals surface area (Å²) < 4.78 is 19.5. The minimum atomic E-state index is -0.423. The number of nitrogens with one attached hydrogen (secondary N) is 1. The summed E-state index contributed by atoms with van der Waals surface area (Å²) >= 11 is 12.7. The van der Waals surface area contributed by atoms with E-state index in [1.165, 1.54) is 19.2 Å². The quantitative estimate of drug-likeness (QED) is 0.559. The first-order valence-electron chi connectivity index (χ1n) is 8.77. The van der Waals surface area contributed by atoms with Crippen LogP contribution >= 0.6 is 23.2 Å². The van der Waals surface area contributed by atoms with E-state index in [0.29, 0.717) is 38.9 Å². The van der Waals surface area contributed by atoms with E-state index in [-0.39, 0.29) is 18.3 Å². The van der Waals surface area contributed by atoms with Crippen molar-refractivity contribution >= 4 is 29.1 Å². The van der Waals surface area contributed by atoms with Gasteiger partial charge in [0, 0.05) is 34.6 Å². The van der Waals surface area contributed by atoms with Crippen LogP contribution in [0.1, 0.15) is 11.1 Å². The molecule has 150 valence electrons. The van der Waals surface area contributed by atoms with Crippen molar-refractivity contribution < 1.29 is 19.0 Å². The van der Waals surface area contributed by atoms with Crippen molar-refractivity contribution in [3.63, 3.8) is 0 Å². The Morgan fingerprint density at radius 1 is 1.07 bits per heavy atom. The van der Waals surface area contributed by atoms with Gasteiger partial charge in [-0.05, 0) is 41.5 Å². The normalized spacial score (nSPS) is 10.6. The number of phenols is 1. The maximum absolute atomic E-state index is 14.1. The number of carbonyl (C=O) groups is 1. The lowest BCUT2D eigenvalue weighted by atomic mass is 9.98. The Balaban J connectivity index is 1.88. The topological polar surface area (TPSA) is 58.6 Å². The number of halogens is 3. The molecule has 3 aromatic rings. The largest absolute Gasteiger partial charge is 0.507 e. The van der Waals surface area contributed by atoms with E-state index < -0.39 is 5.82 Å². The number of ether oxygens (including phenoxy) is 1. The van der Waals surface area contributed by atoms with Crippen LogP contribution in [0.5, 0.6) is 11.5 Å². The molecular weight excluding hydrogens is 416 g/mol. The Hall–Kier alpha value is -2.76. The van der Waals surface area contributed by atoms with Crippen LogP contribution < -0.4 is 10.1 Å². The first-order valence-corrected chi connectivity index (χ1v) is 9.52. The predicted octanol–water partition coefficient (Wildman–Crippen LogP) is 5.22. The second kappa shape index (κ2) is 9.16. The van der Waals surface area contributed by atoms with E-state index in [1.54, 1.807) is 42.5 Å². The zero-order valence-electron chi connectivity index (χ0n) is 15.5. The molecule has 0 aromatic heterocycles. The fraction of sp³-hybridized carbons (Fsp3) is 0.136. The average Bonchev–Trinajstić information content (AvgIpc) is 2.70. The summed E-state index contributed by atoms with van der Waals surface area (Å²) in [6, 6.07) is 14.4. The Bertz CT molecular complexity index is 1030. The van der Waals surface area contributed by atoms with Gasteiger partial charge in [0.2, 0.25) is 0 Å². The van der Waals surface area contributed by atoms with Gasteiger partial charge in [0.1, 0.15) is 17.3 Å². The highest BCUT2D eigenvalue weighted by Gasteiger charge is 2.14. The fourth-order valence-electron chi connectivity index (χ4n) is 2.85. The molecule has 0 spiro atoms. The molecule has 3 rings (SSSR count). The minimum absolute atomic E-state index is 0.0195. The van der Waals surface area contributed by atoms with Crippen LogP contribution in [-0.2, 0) is 11.2 Å². The van der Waals surface area contributed by atoms with Crippen molar-refractivity contribution in [3.05, 3.63) is 81.6 Å². The second-order valence-corrected chi connectivity index (χ2v) is 7.15. The fourth-order valence-corrected chi connectivity index (χ4v) is 3.45. The summed E-state index contributed by atoms with van der Waals surface area (Å²) in [6.45, 7) is -0.146. The molecule has 2 N–H and O–H groups in total. The lowest BCUT2D eigenvalue weighted by molar-refractivity contribution is -0.122. The van der Waals surface area contributed by atoms with Crippen LogP contribution in [0.3, 0.4) is 0 Å². The molecule has 0 bridgehead atoms. The van der Waals surface area contributed by atoms with Gasteiger partial charge in [-0.1, -0.05) is 47.5 Å². The Labute approximate surface area is 177 Å². The van der Waals surface area contributed by atoms with Crippen molar-refractivity contribution in [1.82, 2.24) is 5.32 Å². The number of carbonyl (C=O) groups excluding carboxylic acids is 1. The summed E-state index contributed by atoms with van der Waals surface area (Å²) in [5.41, 5.74) is 2.15. The lowest BCUT2D eigenvalue weighted by Gasteiger charge is -2.13. The SMILES string of the molecule is CNC(=O)COc1cc(Cl)c(Cc2ccc(O)c(-c3ccccc3F)c2)c(Cl)c1. The van der Waals surface area contributed by atoms with Gasteiger partial charge in [-0.2, -0.15) is 0 Å². The molecule has 0 saturated heterocycles. The number of rotatable bonds is 6. The summed E-state index contributed by atoms with van der Waals surface area (Å²) in [6.07, 6.45) is 0.370. The third kappa shape index (κ3) is 5.00. The molecule has 1 amide bonds. The number of benzene rings is 3. The predicted molar refractivity (Wildman–Crippen MR) is 112 cm³/mol. The van der Waals surface area contributed by atoms with Crippen molar-refractivity contribution in [2.75, 3.05) is 13.7 Å². The molecule has 0 aliphatic rings. The Kier molecular flexibility index (Phi) is 6.62. The highest BCUT2D eigenvalue weighted by molar-refractivity contribution is 6.36. The van der Waals surface area contributed by atoms with Crippen molar-refractivity contribution in [1.29, 1.82) is 0 Å². The van der Waals surface area contributed by atoms with E-state index in [4.69, 9.17) is 27.9 Å². The number of likely N-dealkylation sites (N-methyl/N-ethyl adjacent to an activating group) is 1. The molecular formula is C22H18Cl2FNO3. The van der Waals surface area contributed by atoms with E-state index in [2.05, 4.69) is 5.32 Å². The molecule has 3 aromatic carbocycles. The summed E-state index contributed by atoms with van der Waals surface area (Å²) in [5.74, 6) is -0.334. The van der Waals surface area contributed by atoms with Gasteiger partial charge >= 0.3 is 0 Å². The molecule has 4 nitrogen and oxygen atoms in total. The Morgan fingerprint density at radius 3 is 2.41 bits per heavy atom. The van der Waals surface area contributed by atoms with Gasteiger partial charge in [-0.3, -0.25) is 4.79 Å². The van der Waals surface area contributed by atoms with Crippen LogP contribution in [0.25, 0.3) is 11.1 Å². The van der Waals surface area contributed by atoms with Crippen molar-refractivity contribution in [2.24, 2.45) is 0 Å². The number of phenolic OH excluding ortho intramolecular Hbond substituents is 1. The van der Waals surface area contributed by atoms with Crippen LogP contribution in [0, 0.1) is 5.82 Å². The average molecular weight is 434 g/mol. The van der Waals surface area contributed by atoms with Crippen molar-refractivity contribution in [3.8, 4) is 22.6 Å². The van der Waals surface area contributed by atoms with E-state index in [9.17, 15) is 14.3 Å². The van der Waals surface area contributed by atoms with Gasteiger partial charge < -0.3 is 15.2 Å². The molecule has 0 radical (unpaired) electrons. The molecule has 7 heteroatoms. The van der Waals surface area contributed by atoms with Gasteiger partial charge in [0.25, 0.3) is 5.91 Å². The van der Waals surface area contributed by atoms with Gasteiger partial charge in [-0.15, -0.1) is 0 Å². The molecule has 0 fully saturated rings. The lowest BCUT2D eigenvalue weighted by Crippen LogP contribution is -2.24. The van der Waals surface area contributed by atoms with Crippen LogP contribution in [0.2, 0.25) is 10.0 Å². The number of hydrogen-bond donors (Lipinski definition) is 2. The number of amides is 1. The highest BCUT2D eigenvalue weighted by atomic mass is 35.5. The third-order valence-electron chi connectivity index (χ3n) is 4.37. The number of hydrogen-bond acceptors (Lipinski definition) is 3. The number of aromatic hydroxyl groups is 1. The maximum atomic E-state index is 14.1. The third-order valence-corrected chi connectivity index (χ3v) is 5.04. The summed E-state index contributed by atoms with van der Waals surface area (Å²) in [7, 11) is 1.52. The smallest absolute Gasteiger partial charge is 0.257 e. The highest BCUT2D eigenvalue weighted by Crippen LogP contribution is 2.35. The Morgan fingerprint density at radius 2 is 1.76 bits per heavy atom. The summed E-state index contributed by atoms with van der Waals surface area (Å²) in [5, 5.41) is 13.4. The van der Waals surface area contributed by atoms with Gasteiger partial charge in [0.15, 0.2) is 6.61 Å². The van der Waals surface area contributed by atoms with Crippen LogP contribution in [0.4, 0.5) is 4.39 Å². The zero-order chi connectivity index (χ0) is 21.0. The standard InChI is InChI=1S/C22H18Cl2FNO3/c1-26-22(28)12-29-14-10-18(23)17(19(24)11-14)9-13-6-7-21(27)16(8-13)15-4-2-3-5-20(15)25/h2-8,10-11,27H,9,12H2,1H3,(H,26,28). The summed E-state index contributed by atoms with van der Waals surface area (Å²) in [4.78, 5) is 11.3. The molecule has 0 aliphatic heterocycles.